The monoisotopic (exact) mass is 405 g/mol. The molecule has 0 N–H and O–H groups in total. The molecule has 8 heteroatoms. The lowest BCUT2D eigenvalue weighted by atomic mass is 9.93. The molecule has 0 saturated carbocycles. The number of anilines is 1. The van der Waals surface area contributed by atoms with Gasteiger partial charge in [0.1, 0.15) is 11.1 Å². The Labute approximate surface area is 166 Å². The summed E-state index contributed by atoms with van der Waals surface area (Å²) in [7, 11) is 0. The quantitative estimate of drug-likeness (QED) is 0.552. The molecule has 28 heavy (non-hydrogen) atoms. The van der Waals surface area contributed by atoms with Gasteiger partial charge in [-0.15, -0.1) is 0 Å². The summed E-state index contributed by atoms with van der Waals surface area (Å²) in [5, 5.41) is -1.48. The van der Waals surface area contributed by atoms with E-state index in [1.165, 1.54) is 19.1 Å². The zero-order valence-electron chi connectivity index (χ0n) is 15.6. The molecule has 0 radical (unpaired) electrons. The molecule has 0 unspecified atom stereocenters. The molecule has 3 rings (SSSR count). The van der Waals surface area contributed by atoms with Crippen molar-refractivity contribution in [2.75, 3.05) is 11.5 Å². The van der Waals surface area contributed by atoms with E-state index in [9.17, 15) is 23.6 Å². The minimum atomic E-state index is -0.806. The van der Waals surface area contributed by atoms with Gasteiger partial charge in [0.15, 0.2) is 0 Å². The number of nitrogens with zero attached hydrogens (tertiary/aromatic N) is 1. The first-order valence-electron chi connectivity index (χ1n) is 9.13. The molecule has 0 aromatic heterocycles. The summed E-state index contributed by atoms with van der Waals surface area (Å²) < 4.78 is 19.1. The standard InChI is InChI=1S/C20H20FNO5S/c1-3-27-19(25)11(2)28-20(26)15-10-12(8-9-16(15)21)22-17(23)13-6-4-5-7-14(13)18(22)24/h8-11H,3-7H2,1-2H3/t11-/m0/s1. The van der Waals surface area contributed by atoms with Crippen LogP contribution in [0.4, 0.5) is 10.1 Å². The first-order valence-corrected chi connectivity index (χ1v) is 10.0. The van der Waals surface area contributed by atoms with Gasteiger partial charge in [-0.3, -0.25) is 19.2 Å². The van der Waals surface area contributed by atoms with Gasteiger partial charge in [0.2, 0.25) is 5.12 Å². The van der Waals surface area contributed by atoms with E-state index in [1.54, 1.807) is 6.92 Å². The second kappa shape index (κ2) is 8.26. The maximum Gasteiger partial charge on any atom is 0.319 e. The molecule has 1 aliphatic heterocycles. The van der Waals surface area contributed by atoms with Crippen molar-refractivity contribution in [3.8, 4) is 0 Å². The highest BCUT2D eigenvalue weighted by Crippen LogP contribution is 2.36. The molecule has 0 spiro atoms. The molecule has 148 valence electrons. The van der Waals surface area contributed by atoms with E-state index < -0.39 is 34.0 Å². The average Bonchev–Trinajstić information content (AvgIpc) is 2.93. The average molecular weight is 405 g/mol. The Kier molecular flexibility index (Phi) is 5.98. The number of benzene rings is 1. The van der Waals surface area contributed by atoms with Crippen LogP contribution in [0.15, 0.2) is 29.3 Å². The second-order valence-electron chi connectivity index (χ2n) is 6.57. The minimum Gasteiger partial charge on any atom is -0.465 e. The van der Waals surface area contributed by atoms with Gasteiger partial charge in [-0.2, -0.15) is 0 Å². The summed E-state index contributed by atoms with van der Waals surface area (Å²) in [6, 6.07) is 3.55. The van der Waals surface area contributed by atoms with E-state index in [-0.39, 0.29) is 17.9 Å². The largest absolute Gasteiger partial charge is 0.465 e. The van der Waals surface area contributed by atoms with E-state index >= 15 is 0 Å². The third-order valence-corrected chi connectivity index (χ3v) is 5.70. The summed E-state index contributed by atoms with van der Waals surface area (Å²) in [4.78, 5) is 50.5. The highest BCUT2D eigenvalue weighted by Gasteiger charge is 2.40. The predicted molar refractivity (Wildman–Crippen MR) is 102 cm³/mol. The highest BCUT2D eigenvalue weighted by atomic mass is 32.2. The fraction of sp³-hybridized carbons (Fsp3) is 0.400. The van der Waals surface area contributed by atoms with Crippen molar-refractivity contribution >= 4 is 40.3 Å². The smallest absolute Gasteiger partial charge is 0.319 e. The number of amides is 2. The summed E-state index contributed by atoms with van der Waals surface area (Å²) >= 11 is 0.636. The number of rotatable bonds is 5. The molecule has 1 aromatic rings. The van der Waals surface area contributed by atoms with Crippen molar-refractivity contribution in [3.05, 3.63) is 40.7 Å². The molecule has 6 nitrogen and oxygen atoms in total. The molecule has 2 amide bonds. The van der Waals surface area contributed by atoms with E-state index in [2.05, 4.69) is 0 Å². The van der Waals surface area contributed by atoms with Gasteiger partial charge in [0, 0.05) is 11.1 Å². The number of halogens is 1. The van der Waals surface area contributed by atoms with E-state index in [1.807, 2.05) is 0 Å². The number of thioether (sulfide) groups is 1. The van der Waals surface area contributed by atoms with Crippen LogP contribution in [0.1, 0.15) is 49.9 Å². The third kappa shape index (κ3) is 3.73. The van der Waals surface area contributed by atoms with E-state index in [4.69, 9.17) is 4.74 Å². The number of ether oxygens (including phenoxy) is 1. The van der Waals surface area contributed by atoms with Crippen molar-refractivity contribution in [2.24, 2.45) is 0 Å². The Balaban J connectivity index is 1.84. The minimum absolute atomic E-state index is 0.151. The fourth-order valence-electron chi connectivity index (χ4n) is 3.31. The van der Waals surface area contributed by atoms with Crippen LogP contribution in [0.5, 0.6) is 0 Å². The van der Waals surface area contributed by atoms with Gasteiger partial charge in [-0.1, -0.05) is 11.8 Å². The number of hydrogen-bond acceptors (Lipinski definition) is 6. The molecular formula is C20H20FNO5S. The lowest BCUT2D eigenvalue weighted by molar-refractivity contribution is -0.142. The number of hydrogen-bond donors (Lipinski definition) is 0. The maximum absolute atomic E-state index is 14.2. The van der Waals surface area contributed by atoms with Crippen LogP contribution in [0.25, 0.3) is 0 Å². The molecular weight excluding hydrogens is 385 g/mol. The summed E-state index contributed by atoms with van der Waals surface area (Å²) in [5.41, 5.74) is 0.889. The van der Waals surface area contributed by atoms with Gasteiger partial charge in [-0.25, -0.2) is 9.29 Å². The highest BCUT2D eigenvalue weighted by molar-refractivity contribution is 8.15. The van der Waals surface area contributed by atoms with Crippen molar-refractivity contribution in [1.29, 1.82) is 0 Å². The van der Waals surface area contributed by atoms with Crippen LogP contribution < -0.4 is 4.90 Å². The maximum atomic E-state index is 14.2. The third-order valence-electron chi connectivity index (χ3n) is 4.72. The van der Waals surface area contributed by atoms with Crippen LogP contribution in [-0.4, -0.2) is 34.8 Å². The van der Waals surface area contributed by atoms with Gasteiger partial charge >= 0.3 is 5.97 Å². The second-order valence-corrected chi connectivity index (χ2v) is 7.89. The van der Waals surface area contributed by atoms with Crippen molar-refractivity contribution in [3.63, 3.8) is 0 Å². The Bertz CT molecular complexity index is 867. The van der Waals surface area contributed by atoms with Gasteiger partial charge in [0.25, 0.3) is 11.8 Å². The molecule has 1 heterocycles. The van der Waals surface area contributed by atoms with Crippen LogP contribution in [-0.2, 0) is 19.1 Å². The zero-order valence-corrected chi connectivity index (χ0v) is 16.4. The van der Waals surface area contributed by atoms with Crippen molar-refractivity contribution in [2.45, 2.75) is 44.8 Å². The van der Waals surface area contributed by atoms with Gasteiger partial charge < -0.3 is 4.74 Å². The fourth-order valence-corrected chi connectivity index (χ4v) is 4.08. The van der Waals surface area contributed by atoms with Crippen LogP contribution >= 0.6 is 11.8 Å². The molecule has 1 aliphatic carbocycles. The van der Waals surface area contributed by atoms with Crippen LogP contribution in [0, 0.1) is 5.82 Å². The topological polar surface area (TPSA) is 80.8 Å². The summed E-state index contributed by atoms with van der Waals surface area (Å²) in [6.07, 6.45) is 2.80. The number of esters is 1. The molecule has 2 aliphatic rings. The van der Waals surface area contributed by atoms with Crippen molar-refractivity contribution in [1.82, 2.24) is 0 Å². The van der Waals surface area contributed by atoms with Gasteiger partial charge in [0.05, 0.1) is 17.9 Å². The zero-order chi connectivity index (χ0) is 20.4. The molecule has 0 fully saturated rings. The molecule has 0 bridgehead atoms. The summed E-state index contributed by atoms with van der Waals surface area (Å²) in [5.74, 6) is -2.16. The number of carbonyl (C=O) groups is 4. The van der Waals surface area contributed by atoms with Gasteiger partial charge in [-0.05, 0) is 57.7 Å². The first kappa shape index (κ1) is 20.3. The Morgan fingerprint density at radius 3 is 2.36 bits per heavy atom. The molecule has 1 aromatic carbocycles. The SMILES string of the molecule is CCOC(=O)[C@H](C)SC(=O)c1cc(N2C(=O)C3=C(CCCC3)C2=O)ccc1F. The lowest BCUT2D eigenvalue weighted by Gasteiger charge is -2.16. The van der Waals surface area contributed by atoms with E-state index in [0.717, 1.165) is 23.8 Å². The molecule has 0 saturated heterocycles. The van der Waals surface area contributed by atoms with E-state index in [0.29, 0.717) is 35.7 Å². The van der Waals surface area contributed by atoms with Crippen LogP contribution in [0.3, 0.4) is 0 Å². The normalized spacial score (nSPS) is 17.6. The predicted octanol–water partition coefficient (Wildman–Crippen LogP) is 3.39. The Hall–Kier alpha value is -2.48. The van der Waals surface area contributed by atoms with Crippen molar-refractivity contribution < 1.29 is 28.3 Å². The van der Waals surface area contributed by atoms with Crippen LogP contribution in [0.2, 0.25) is 0 Å². The number of imide groups is 1. The first-order chi connectivity index (χ1) is 13.3. The molecule has 1 atom stereocenters. The Morgan fingerprint density at radius 1 is 1.18 bits per heavy atom. The summed E-state index contributed by atoms with van der Waals surface area (Å²) in [6.45, 7) is 3.32. The Morgan fingerprint density at radius 2 is 1.79 bits per heavy atom. The number of carbonyl (C=O) groups excluding carboxylic acids is 4. The lowest BCUT2D eigenvalue weighted by Crippen LogP contribution is -2.31.